The quantitative estimate of drug-likeness (QED) is 0.718. The molecular weight excluding hydrogens is 244 g/mol. The predicted octanol–water partition coefficient (Wildman–Crippen LogP) is 2.51. The molecule has 0 saturated heterocycles. The van der Waals surface area contributed by atoms with Crippen LogP contribution in [0.3, 0.4) is 0 Å². The average molecular weight is 270 g/mol. The molecule has 5 nitrogen and oxygen atoms in total. The van der Waals surface area contributed by atoms with E-state index in [-0.39, 0.29) is 17.5 Å². The number of hydrogen-bond donors (Lipinski definition) is 3. The lowest BCUT2D eigenvalue weighted by Gasteiger charge is -2.27. The van der Waals surface area contributed by atoms with Gasteiger partial charge in [-0.25, -0.2) is 9.59 Å². The second-order valence-electron chi connectivity index (χ2n) is 6.59. The Bertz CT molecular complexity index is 355. The minimum Gasteiger partial charge on any atom is -0.480 e. The normalized spacial score (nSPS) is 24.5. The molecule has 0 spiro atoms. The highest BCUT2D eigenvalue weighted by Gasteiger charge is 2.36. The summed E-state index contributed by atoms with van der Waals surface area (Å²) in [5.74, 6) is -0.990. The van der Waals surface area contributed by atoms with Crippen LogP contribution in [-0.4, -0.2) is 28.7 Å². The highest BCUT2D eigenvalue weighted by atomic mass is 16.4. The Morgan fingerprint density at radius 2 is 2.05 bits per heavy atom. The summed E-state index contributed by atoms with van der Waals surface area (Å²) in [6.45, 7) is 7.83. The van der Waals surface area contributed by atoms with E-state index in [0.717, 1.165) is 19.3 Å². The summed E-state index contributed by atoms with van der Waals surface area (Å²) in [5.41, 5.74) is -0.926. The molecule has 2 unspecified atom stereocenters. The van der Waals surface area contributed by atoms with Crippen molar-refractivity contribution in [3.63, 3.8) is 0 Å². The molecule has 0 aromatic carbocycles. The van der Waals surface area contributed by atoms with E-state index in [4.69, 9.17) is 0 Å². The topological polar surface area (TPSA) is 78.4 Å². The molecule has 0 aliphatic heterocycles. The van der Waals surface area contributed by atoms with Gasteiger partial charge in [-0.3, -0.25) is 0 Å². The van der Waals surface area contributed by atoms with E-state index in [2.05, 4.69) is 24.5 Å². The summed E-state index contributed by atoms with van der Waals surface area (Å²) in [5, 5.41) is 14.7. The molecule has 0 bridgehead atoms. The summed E-state index contributed by atoms with van der Waals surface area (Å²) in [6, 6.07) is -0.226. The summed E-state index contributed by atoms with van der Waals surface area (Å²) in [4.78, 5) is 23.2. The SMILES string of the molecule is CCCC(C)(NC(=O)NC1CCC(C)(C)C1)C(=O)O. The Labute approximate surface area is 115 Å². The second-order valence-corrected chi connectivity index (χ2v) is 6.59. The smallest absolute Gasteiger partial charge is 0.329 e. The van der Waals surface area contributed by atoms with E-state index >= 15 is 0 Å². The Balaban J connectivity index is 2.52. The molecule has 1 aliphatic carbocycles. The molecule has 19 heavy (non-hydrogen) atoms. The first-order valence-electron chi connectivity index (χ1n) is 7.00. The molecule has 2 atom stereocenters. The fourth-order valence-electron chi connectivity index (χ4n) is 2.75. The third-order valence-electron chi connectivity index (χ3n) is 3.92. The van der Waals surface area contributed by atoms with Crippen molar-refractivity contribution in [2.24, 2.45) is 5.41 Å². The molecule has 3 N–H and O–H groups in total. The summed E-state index contributed by atoms with van der Waals surface area (Å²) in [6.07, 6.45) is 4.12. The van der Waals surface area contributed by atoms with Crippen LogP contribution in [-0.2, 0) is 4.79 Å². The van der Waals surface area contributed by atoms with Crippen LogP contribution in [0.1, 0.15) is 59.8 Å². The number of nitrogens with one attached hydrogen (secondary N) is 2. The van der Waals surface area contributed by atoms with Gasteiger partial charge in [0.25, 0.3) is 0 Å². The first kappa shape index (κ1) is 15.8. The number of urea groups is 1. The molecule has 5 heteroatoms. The molecule has 1 aliphatic rings. The van der Waals surface area contributed by atoms with Gasteiger partial charge in [-0.05, 0) is 38.0 Å². The molecule has 110 valence electrons. The monoisotopic (exact) mass is 270 g/mol. The summed E-state index contributed by atoms with van der Waals surface area (Å²) >= 11 is 0. The largest absolute Gasteiger partial charge is 0.480 e. The lowest BCUT2D eigenvalue weighted by Crippen LogP contribution is -2.56. The number of carbonyl (C=O) groups excluding carboxylic acids is 1. The maximum atomic E-state index is 11.9. The van der Waals surface area contributed by atoms with Gasteiger partial charge in [0, 0.05) is 6.04 Å². The first-order valence-corrected chi connectivity index (χ1v) is 7.00. The fourth-order valence-corrected chi connectivity index (χ4v) is 2.75. The maximum absolute atomic E-state index is 11.9. The molecule has 1 saturated carbocycles. The number of hydrogen-bond acceptors (Lipinski definition) is 2. The molecule has 0 radical (unpaired) electrons. The maximum Gasteiger partial charge on any atom is 0.329 e. The average Bonchev–Trinajstić information content (AvgIpc) is 2.57. The number of carbonyl (C=O) groups is 2. The molecule has 0 heterocycles. The number of carboxylic acid groups (broad SMARTS) is 1. The van der Waals surface area contributed by atoms with E-state index in [1.54, 1.807) is 6.92 Å². The third kappa shape index (κ3) is 4.40. The number of rotatable bonds is 5. The van der Waals surface area contributed by atoms with Crippen molar-refractivity contribution < 1.29 is 14.7 Å². The van der Waals surface area contributed by atoms with Crippen LogP contribution in [0.15, 0.2) is 0 Å². The minimum atomic E-state index is -1.19. The molecule has 1 rings (SSSR count). The van der Waals surface area contributed by atoms with Crippen LogP contribution in [0.2, 0.25) is 0 Å². The van der Waals surface area contributed by atoms with Crippen molar-refractivity contribution in [2.75, 3.05) is 0 Å². The van der Waals surface area contributed by atoms with Crippen LogP contribution >= 0.6 is 0 Å². The Kier molecular flexibility index (Phi) is 4.82. The standard InChI is InChI=1S/C14H26N2O3/c1-5-7-14(4,11(17)18)16-12(19)15-10-6-8-13(2,3)9-10/h10H,5-9H2,1-4H3,(H,17,18)(H2,15,16,19). The van der Waals surface area contributed by atoms with Gasteiger partial charge in [-0.1, -0.05) is 27.2 Å². The molecule has 0 aromatic rings. The van der Waals surface area contributed by atoms with Crippen LogP contribution < -0.4 is 10.6 Å². The van der Waals surface area contributed by atoms with Gasteiger partial charge in [0.15, 0.2) is 0 Å². The highest BCUT2D eigenvalue weighted by molar-refractivity contribution is 5.85. The van der Waals surface area contributed by atoms with Crippen LogP contribution in [0, 0.1) is 5.41 Å². The van der Waals surface area contributed by atoms with E-state index < -0.39 is 11.5 Å². The van der Waals surface area contributed by atoms with E-state index in [0.29, 0.717) is 12.8 Å². The zero-order valence-corrected chi connectivity index (χ0v) is 12.4. The highest BCUT2D eigenvalue weighted by Crippen LogP contribution is 2.36. The summed E-state index contributed by atoms with van der Waals surface area (Å²) < 4.78 is 0. The van der Waals surface area contributed by atoms with E-state index in [1.165, 1.54) is 0 Å². The van der Waals surface area contributed by atoms with Crippen molar-refractivity contribution in [1.82, 2.24) is 10.6 Å². The van der Waals surface area contributed by atoms with Crippen molar-refractivity contribution in [3.8, 4) is 0 Å². The zero-order chi connectivity index (χ0) is 14.7. The lowest BCUT2D eigenvalue weighted by molar-refractivity contribution is -0.144. The minimum absolute atomic E-state index is 0.148. The lowest BCUT2D eigenvalue weighted by atomic mass is 9.92. The Morgan fingerprint density at radius 1 is 1.42 bits per heavy atom. The Hall–Kier alpha value is -1.26. The second kappa shape index (κ2) is 5.80. The van der Waals surface area contributed by atoms with Gasteiger partial charge < -0.3 is 15.7 Å². The predicted molar refractivity (Wildman–Crippen MR) is 74.0 cm³/mol. The number of carboxylic acids is 1. The zero-order valence-electron chi connectivity index (χ0n) is 12.4. The number of aliphatic carboxylic acids is 1. The van der Waals surface area contributed by atoms with Crippen LogP contribution in [0.25, 0.3) is 0 Å². The van der Waals surface area contributed by atoms with E-state index in [9.17, 15) is 14.7 Å². The van der Waals surface area contributed by atoms with Gasteiger partial charge in [0.05, 0.1) is 0 Å². The van der Waals surface area contributed by atoms with Gasteiger partial charge in [-0.15, -0.1) is 0 Å². The summed E-state index contributed by atoms with van der Waals surface area (Å²) in [7, 11) is 0. The van der Waals surface area contributed by atoms with Crippen molar-refractivity contribution in [3.05, 3.63) is 0 Å². The first-order chi connectivity index (χ1) is 8.68. The van der Waals surface area contributed by atoms with Crippen molar-refractivity contribution >= 4 is 12.0 Å². The van der Waals surface area contributed by atoms with Crippen LogP contribution in [0.4, 0.5) is 4.79 Å². The molecule has 1 fully saturated rings. The van der Waals surface area contributed by atoms with E-state index in [1.807, 2.05) is 6.92 Å². The van der Waals surface area contributed by atoms with Gasteiger partial charge in [0.2, 0.25) is 0 Å². The Morgan fingerprint density at radius 3 is 2.47 bits per heavy atom. The van der Waals surface area contributed by atoms with Gasteiger partial charge in [-0.2, -0.15) is 0 Å². The molecular formula is C14H26N2O3. The third-order valence-corrected chi connectivity index (χ3v) is 3.92. The van der Waals surface area contributed by atoms with Crippen molar-refractivity contribution in [1.29, 1.82) is 0 Å². The molecule has 0 aromatic heterocycles. The molecule has 2 amide bonds. The van der Waals surface area contributed by atoms with Crippen molar-refractivity contribution in [2.45, 2.75) is 71.4 Å². The number of amides is 2. The fraction of sp³-hybridized carbons (Fsp3) is 0.857. The van der Waals surface area contributed by atoms with Gasteiger partial charge in [0.1, 0.15) is 5.54 Å². The van der Waals surface area contributed by atoms with Gasteiger partial charge >= 0.3 is 12.0 Å². The van der Waals surface area contributed by atoms with Crippen LogP contribution in [0.5, 0.6) is 0 Å².